The van der Waals surface area contributed by atoms with Crippen LogP contribution in [0.3, 0.4) is 0 Å². The van der Waals surface area contributed by atoms with Crippen LogP contribution in [0.5, 0.6) is 11.5 Å². The molecular formula is C19H18N2O5. The van der Waals surface area contributed by atoms with Gasteiger partial charge in [-0.1, -0.05) is 18.2 Å². The lowest BCUT2D eigenvalue weighted by Crippen LogP contribution is -2.19. The lowest BCUT2D eigenvalue weighted by molar-refractivity contribution is -0.0686. The Bertz CT molecular complexity index is 979. The number of nitrogens with zero attached hydrogens (tertiary/aromatic N) is 1. The van der Waals surface area contributed by atoms with Crippen LogP contribution in [0, 0.1) is 0 Å². The van der Waals surface area contributed by atoms with Gasteiger partial charge in [-0.2, -0.15) is 0 Å². The van der Waals surface area contributed by atoms with Gasteiger partial charge in [-0.05, 0) is 24.3 Å². The van der Waals surface area contributed by atoms with Crippen molar-refractivity contribution in [1.82, 2.24) is 9.97 Å². The first-order valence-electron chi connectivity index (χ1n) is 8.28. The Labute approximate surface area is 149 Å². The number of hydrogen-bond acceptors (Lipinski definition) is 6. The molecule has 1 aliphatic rings. The Hall–Kier alpha value is -2.90. The summed E-state index contributed by atoms with van der Waals surface area (Å²) in [5.74, 6) is 1.43. The quantitative estimate of drug-likeness (QED) is 0.757. The summed E-state index contributed by atoms with van der Waals surface area (Å²) >= 11 is 0. The van der Waals surface area contributed by atoms with E-state index < -0.39 is 6.29 Å². The highest BCUT2D eigenvalue weighted by molar-refractivity contribution is 5.80. The molecule has 2 heterocycles. The second-order valence-electron chi connectivity index (χ2n) is 5.75. The molecule has 7 nitrogen and oxygen atoms in total. The van der Waals surface area contributed by atoms with Gasteiger partial charge < -0.3 is 23.9 Å². The minimum absolute atomic E-state index is 0.207. The van der Waals surface area contributed by atoms with Gasteiger partial charge in [0.15, 0.2) is 17.8 Å². The van der Waals surface area contributed by atoms with Gasteiger partial charge in [-0.25, -0.2) is 4.98 Å². The highest BCUT2D eigenvalue weighted by Gasteiger charge is 2.20. The molecule has 3 aromatic rings. The van der Waals surface area contributed by atoms with Crippen molar-refractivity contribution in [3.05, 3.63) is 52.8 Å². The van der Waals surface area contributed by atoms with E-state index in [2.05, 4.69) is 9.97 Å². The summed E-state index contributed by atoms with van der Waals surface area (Å²) in [6.07, 6.45) is -0.420. The van der Waals surface area contributed by atoms with Gasteiger partial charge in [0.2, 0.25) is 0 Å². The lowest BCUT2D eigenvalue weighted by Gasteiger charge is -2.16. The van der Waals surface area contributed by atoms with Crippen LogP contribution in [0.15, 0.2) is 47.3 Å². The first-order chi connectivity index (χ1) is 12.8. The Balaban J connectivity index is 1.77. The number of methoxy groups -OCH3 is 1. The maximum atomic E-state index is 12.4. The van der Waals surface area contributed by atoms with Crippen LogP contribution in [0.1, 0.15) is 0 Å². The molecule has 1 fully saturated rings. The Morgan fingerprint density at radius 3 is 2.77 bits per heavy atom. The third-order valence-electron chi connectivity index (χ3n) is 4.12. The first-order valence-corrected chi connectivity index (χ1v) is 8.28. The molecule has 2 aromatic carbocycles. The number of aromatic amines is 1. The average molecular weight is 354 g/mol. The second-order valence-corrected chi connectivity index (χ2v) is 5.75. The maximum Gasteiger partial charge on any atom is 0.259 e. The van der Waals surface area contributed by atoms with Gasteiger partial charge in [0.05, 0.1) is 36.8 Å². The van der Waals surface area contributed by atoms with Gasteiger partial charge in [-0.15, -0.1) is 0 Å². The minimum atomic E-state index is -0.420. The van der Waals surface area contributed by atoms with Crippen LogP contribution in [0.4, 0.5) is 0 Å². The Morgan fingerprint density at radius 1 is 1.15 bits per heavy atom. The summed E-state index contributed by atoms with van der Waals surface area (Å²) in [4.78, 5) is 19.8. The van der Waals surface area contributed by atoms with Crippen LogP contribution in [0.25, 0.3) is 22.3 Å². The minimum Gasteiger partial charge on any atom is -0.493 e. The third kappa shape index (κ3) is 3.14. The molecular weight excluding hydrogens is 336 g/mol. The van der Waals surface area contributed by atoms with Crippen LogP contribution < -0.4 is 15.0 Å². The summed E-state index contributed by atoms with van der Waals surface area (Å²) in [6.45, 7) is 1.31. The normalized spacial score (nSPS) is 14.7. The van der Waals surface area contributed by atoms with Gasteiger partial charge in [0, 0.05) is 0 Å². The Kier molecular flexibility index (Phi) is 4.55. The van der Waals surface area contributed by atoms with E-state index in [1.165, 1.54) is 0 Å². The number of benzene rings is 2. The van der Waals surface area contributed by atoms with Gasteiger partial charge in [0.25, 0.3) is 5.56 Å². The summed E-state index contributed by atoms with van der Waals surface area (Å²) < 4.78 is 22.1. The van der Waals surface area contributed by atoms with Crippen LogP contribution in [0.2, 0.25) is 0 Å². The molecule has 1 aromatic heterocycles. The van der Waals surface area contributed by atoms with Crippen molar-refractivity contribution in [2.45, 2.75) is 6.29 Å². The molecule has 0 spiro atoms. The van der Waals surface area contributed by atoms with Crippen LogP contribution in [-0.4, -0.2) is 43.2 Å². The van der Waals surface area contributed by atoms with E-state index in [-0.39, 0.29) is 12.2 Å². The van der Waals surface area contributed by atoms with Crippen LogP contribution >= 0.6 is 0 Å². The predicted octanol–water partition coefficient (Wildman–Crippen LogP) is 2.35. The topological polar surface area (TPSA) is 82.7 Å². The van der Waals surface area contributed by atoms with Crippen molar-refractivity contribution in [3.8, 4) is 22.9 Å². The number of hydrogen-bond donors (Lipinski definition) is 1. The Morgan fingerprint density at radius 2 is 1.96 bits per heavy atom. The highest BCUT2D eigenvalue weighted by Crippen LogP contribution is 2.37. The average Bonchev–Trinajstić information content (AvgIpc) is 3.19. The summed E-state index contributed by atoms with van der Waals surface area (Å²) in [5.41, 5.74) is 1.04. The molecule has 0 aliphatic carbocycles. The van der Waals surface area contributed by atoms with E-state index in [1.807, 2.05) is 18.2 Å². The standard InChI is InChI=1S/C19H18N2O5/c1-23-15-8-4-6-13(17(15)26-11-16-24-9-10-25-16)18-20-14-7-3-2-5-12(14)19(22)21-18/h2-8,16H,9-11H2,1H3,(H,20,21,22). The monoisotopic (exact) mass is 354 g/mol. The predicted molar refractivity (Wildman–Crippen MR) is 95.5 cm³/mol. The van der Waals surface area contributed by atoms with E-state index in [1.54, 1.807) is 31.4 Å². The smallest absolute Gasteiger partial charge is 0.259 e. The second kappa shape index (κ2) is 7.15. The zero-order valence-corrected chi connectivity index (χ0v) is 14.2. The van der Waals surface area contributed by atoms with Crippen molar-refractivity contribution >= 4 is 10.9 Å². The number of para-hydroxylation sites is 2. The van der Waals surface area contributed by atoms with Crippen molar-refractivity contribution in [1.29, 1.82) is 0 Å². The van der Waals surface area contributed by atoms with Gasteiger partial charge in [0.1, 0.15) is 12.4 Å². The molecule has 0 saturated carbocycles. The zero-order valence-electron chi connectivity index (χ0n) is 14.2. The van der Waals surface area contributed by atoms with Gasteiger partial charge in [-0.3, -0.25) is 4.79 Å². The van der Waals surface area contributed by atoms with E-state index in [0.29, 0.717) is 47.0 Å². The zero-order chi connectivity index (χ0) is 17.9. The molecule has 4 rings (SSSR count). The summed E-state index contributed by atoms with van der Waals surface area (Å²) in [6, 6.07) is 12.6. The number of rotatable bonds is 5. The van der Waals surface area contributed by atoms with Crippen molar-refractivity contribution < 1.29 is 18.9 Å². The number of aromatic nitrogens is 2. The maximum absolute atomic E-state index is 12.4. The molecule has 0 amide bonds. The molecule has 1 N–H and O–H groups in total. The van der Waals surface area contributed by atoms with Crippen molar-refractivity contribution in [3.63, 3.8) is 0 Å². The van der Waals surface area contributed by atoms with E-state index in [4.69, 9.17) is 18.9 Å². The molecule has 0 atom stereocenters. The summed E-state index contributed by atoms with van der Waals surface area (Å²) in [7, 11) is 1.56. The van der Waals surface area contributed by atoms with Crippen molar-refractivity contribution in [2.24, 2.45) is 0 Å². The SMILES string of the molecule is COc1cccc(-c2nc3ccccc3c(=O)[nH]2)c1OCC1OCCO1. The number of fused-ring (bicyclic) bond motifs is 1. The molecule has 26 heavy (non-hydrogen) atoms. The van der Waals surface area contributed by atoms with Crippen molar-refractivity contribution in [2.75, 3.05) is 26.9 Å². The lowest BCUT2D eigenvalue weighted by atomic mass is 10.1. The first kappa shape index (κ1) is 16.6. The number of H-pyrrole nitrogens is 1. The number of ether oxygens (including phenoxy) is 4. The van der Waals surface area contributed by atoms with E-state index in [9.17, 15) is 4.79 Å². The number of nitrogens with one attached hydrogen (secondary N) is 1. The van der Waals surface area contributed by atoms with E-state index >= 15 is 0 Å². The molecule has 0 unspecified atom stereocenters. The fourth-order valence-corrected chi connectivity index (χ4v) is 2.88. The molecule has 0 bridgehead atoms. The molecule has 1 saturated heterocycles. The van der Waals surface area contributed by atoms with Gasteiger partial charge >= 0.3 is 0 Å². The summed E-state index contributed by atoms with van der Waals surface area (Å²) in [5, 5.41) is 0.536. The third-order valence-corrected chi connectivity index (χ3v) is 4.12. The molecule has 7 heteroatoms. The molecule has 134 valence electrons. The fraction of sp³-hybridized carbons (Fsp3) is 0.263. The molecule has 0 radical (unpaired) electrons. The largest absolute Gasteiger partial charge is 0.493 e. The fourth-order valence-electron chi connectivity index (χ4n) is 2.88. The molecule has 1 aliphatic heterocycles. The van der Waals surface area contributed by atoms with E-state index in [0.717, 1.165) is 0 Å². The highest BCUT2D eigenvalue weighted by atomic mass is 16.7. The van der Waals surface area contributed by atoms with Crippen LogP contribution in [-0.2, 0) is 9.47 Å².